The fourth-order valence-electron chi connectivity index (χ4n) is 4.44. The number of fused-ring (bicyclic) bond motifs is 1. The van der Waals surface area contributed by atoms with Crippen LogP contribution in [0.3, 0.4) is 0 Å². The number of nitrogens with zero attached hydrogens (tertiary/aromatic N) is 4. The number of aromatic nitrogens is 3. The molecular formula is C23H20ClN5O3. The maximum Gasteiger partial charge on any atom is 0.270 e. The zero-order valence-corrected chi connectivity index (χ0v) is 18.3. The Hall–Kier alpha value is -3.52. The second-order valence-electron chi connectivity index (χ2n) is 8.92. The van der Waals surface area contributed by atoms with Crippen molar-refractivity contribution >= 4 is 29.0 Å². The Kier molecular flexibility index (Phi) is 4.63. The number of rotatable bonds is 3. The molecule has 0 saturated carbocycles. The first-order valence-corrected chi connectivity index (χ1v) is 10.6. The van der Waals surface area contributed by atoms with E-state index in [1.807, 2.05) is 12.1 Å². The molecular weight excluding hydrogens is 430 g/mol. The molecule has 1 atom stereocenters. The van der Waals surface area contributed by atoms with Crippen LogP contribution < -0.4 is 5.32 Å². The highest BCUT2D eigenvalue weighted by Crippen LogP contribution is 2.45. The molecule has 8 nitrogen and oxygen atoms in total. The van der Waals surface area contributed by atoms with E-state index in [0.717, 1.165) is 11.3 Å². The number of nitro groups is 1. The van der Waals surface area contributed by atoms with Gasteiger partial charge in [-0.2, -0.15) is 4.98 Å². The highest BCUT2D eigenvalue weighted by molar-refractivity contribution is 6.30. The summed E-state index contributed by atoms with van der Waals surface area (Å²) in [6.45, 7) is 4.14. The number of allylic oxidation sites excluding steroid dienone is 2. The summed E-state index contributed by atoms with van der Waals surface area (Å²) in [5.74, 6) is 0.916. The Labute approximate surface area is 189 Å². The summed E-state index contributed by atoms with van der Waals surface area (Å²) >= 11 is 6.10. The zero-order chi connectivity index (χ0) is 22.6. The number of anilines is 1. The van der Waals surface area contributed by atoms with Crippen molar-refractivity contribution < 1.29 is 9.72 Å². The number of non-ortho nitro benzene ring substituents is 1. The van der Waals surface area contributed by atoms with Crippen molar-refractivity contribution in [2.24, 2.45) is 5.41 Å². The van der Waals surface area contributed by atoms with Crippen molar-refractivity contribution in [1.29, 1.82) is 0 Å². The van der Waals surface area contributed by atoms with Crippen molar-refractivity contribution in [3.05, 3.63) is 80.5 Å². The van der Waals surface area contributed by atoms with Gasteiger partial charge in [0.2, 0.25) is 5.95 Å². The van der Waals surface area contributed by atoms with Gasteiger partial charge in [-0.3, -0.25) is 14.9 Å². The van der Waals surface area contributed by atoms with E-state index in [1.165, 1.54) is 12.1 Å². The highest BCUT2D eigenvalue weighted by atomic mass is 35.5. The molecule has 9 heteroatoms. The Balaban J connectivity index is 1.66. The number of hydrogen-bond acceptors (Lipinski definition) is 6. The van der Waals surface area contributed by atoms with E-state index in [4.69, 9.17) is 11.6 Å². The molecule has 0 bridgehead atoms. The summed E-state index contributed by atoms with van der Waals surface area (Å²) in [6, 6.07) is 13.1. The Morgan fingerprint density at radius 1 is 1.19 bits per heavy atom. The van der Waals surface area contributed by atoms with Gasteiger partial charge in [0.1, 0.15) is 6.04 Å². The van der Waals surface area contributed by atoms with Crippen molar-refractivity contribution in [2.75, 3.05) is 5.32 Å². The lowest BCUT2D eigenvalue weighted by molar-refractivity contribution is -0.384. The van der Waals surface area contributed by atoms with Gasteiger partial charge in [-0.1, -0.05) is 49.7 Å². The number of halogens is 1. The van der Waals surface area contributed by atoms with Gasteiger partial charge in [-0.05, 0) is 29.5 Å². The maximum absolute atomic E-state index is 13.2. The van der Waals surface area contributed by atoms with Crippen LogP contribution in [0, 0.1) is 15.5 Å². The highest BCUT2D eigenvalue weighted by Gasteiger charge is 2.41. The average molecular weight is 450 g/mol. The van der Waals surface area contributed by atoms with Crippen LogP contribution in [0.4, 0.5) is 11.6 Å². The van der Waals surface area contributed by atoms with Crippen LogP contribution in [0.15, 0.2) is 59.8 Å². The normalized spacial score (nSPS) is 19.2. The number of Topliss-reactive ketones (excluding diaryl/α,β-unsaturated/α-hetero) is 1. The smallest absolute Gasteiger partial charge is 0.270 e. The third-order valence-electron chi connectivity index (χ3n) is 5.83. The molecule has 0 spiro atoms. The number of ketones is 1. The molecule has 3 aromatic rings. The lowest BCUT2D eigenvalue weighted by Crippen LogP contribution is -2.36. The molecule has 162 valence electrons. The van der Waals surface area contributed by atoms with Gasteiger partial charge in [0, 0.05) is 40.4 Å². The van der Waals surface area contributed by atoms with Crippen molar-refractivity contribution in [2.45, 2.75) is 32.7 Å². The van der Waals surface area contributed by atoms with Gasteiger partial charge in [0.25, 0.3) is 5.69 Å². The van der Waals surface area contributed by atoms with Crippen LogP contribution in [0.5, 0.6) is 0 Å². The topological polar surface area (TPSA) is 103 Å². The summed E-state index contributed by atoms with van der Waals surface area (Å²) in [5, 5.41) is 19.8. The summed E-state index contributed by atoms with van der Waals surface area (Å²) in [7, 11) is 0. The predicted octanol–water partition coefficient (Wildman–Crippen LogP) is 5.16. The van der Waals surface area contributed by atoms with E-state index < -0.39 is 11.0 Å². The number of carbonyl (C=O) groups excluding carboxylic acids is 1. The molecule has 0 amide bonds. The van der Waals surface area contributed by atoms with Crippen molar-refractivity contribution in [3.8, 4) is 11.4 Å². The molecule has 5 rings (SSSR count). The third-order valence-corrected chi connectivity index (χ3v) is 6.08. The Morgan fingerprint density at radius 3 is 2.66 bits per heavy atom. The Morgan fingerprint density at radius 2 is 1.94 bits per heavy atom. The minimum absolute atomic E-state index is 0.0353. The van der Waals surface area contributed by atoms with Crippen LogP contribution in [0.2, 0.25) is 5.02 Å². The first-order valence-electron chi connectivity index (χ1n) is 10.2. The predicted molar refractivity (Wildman–Crippen MR) is 120 cm³/mol. The fourth-order valence-corrected chi connectivity index (χ4v) is 4.57. The molecule has 2 aliphatic rings. The molecule has 1 aliphatic heterocycles. The summed E-state index contributed by atoms with van der Waals surface area (Å²) in [5.41, 5.74) is 2.71. The lowest BCUT2D eigenvalue weighted by Gasteiger charge is -2.38. The Bertz CT molecular complexity index is 1290. The molecule has 2 aromatic carbocycles. The average Bonchev–Trinajstić information content (AvgIpc) is 3.16. The number of nitro benzene ring substituents is 1. The number of hydrogen-bond donors (Lipinski definition) is 1. The van der Waals surface area contributed by atoms with Crippen LogP contribution in [0.25, 0.3) is 11.4 Å². The van der Waals surface area contributed by atoms with E-state index in [2.05, 4.69) is 29.2 Å². The van der Waals surface area contributed by atoms with E-state index in [-0.39, 0.29) is 16.9 Å². The molecule has 0 radical (unpaired) electrons. The number of carbonyl (C=O) groups is 1. The van der Waals surface area contributed by atoms with Crippen LogP contribution in [-0.2, 0) is 4.79 Å². The maximum atomic E-state index is 13.2. The zero-order valence-electron chi connectivity index (χ0n) is 17.5. The fraction of sp³-hybridized carbons (Fsp3) is 0.261. The summed E-state index contributed by atoms with van der Waals surface area (Å²) < 4.78 is 1.69. The van der Waals surface area contributed by atoms with Gasteiger partial charge in [-0.15, -0.1) is 5.10 Å². The first kappa shape index (κ1) is 20.4. The van der Waals surface area contributed by atoms with Crippen LogP contribution in [0.1, 0.15) is 38.3 Å². The van der Waals surface area contributed by atoms with Gasteiger partial charge in [0.15, 0.2) is 11.6 Å². The molecule has 2 heterocycles. The van der Waals surface area contributed by atoms with Gasteiger partial charge < -0.3 is 5.32 Å². The van der Waals surface area contributed by atoms with Gasteiger partial charge >= 0.3 is 0 Å². The summed E-state index contributed by atoms with van der Waals surface area (Å²) in [4.78, 5) is 28.6. The molecule has 32 heavy (non-hydrogen) atoms. The van der Waals surface area contributed by atoms with Crippen LogP contribution >= 0.6 is 11.6 Å². The standard InChI is InChI=1S/C23H20ClN5O3/c1-23(2)11-17-19(18(30)12-23)20(13-6-8-15(24)9-7-13)28-22(25-17)26-21(27-28)14-4-3-5-16(10-14)29(31)32/h3-10,20H,11-12H2,1-2H3,(H,25,26,27). The lowest BCUT2D eigenvalue weighted by atomic mass is 9.73. The van der Waals surface area contributed by atoms with E-state index in [9.17, 15) is 14.9 Å². The minimum atomic E-state index is -0.456. The molecule has 1 unspecified atom stereocenters. The number of benzene rings is 2. The quantitative estimate of drug-likeness (QED) is 0.437. The third kappa shape index (κ3) is 3.46. The SMILES string of the molecule is CC1(C)CC(=O)C2=C(C1)Nc1nc(-c3cccc([N+](=O)[O-])c3)nn1C2c1ccc(Cl)cc1. The first-order chi connectivity index (χ1) is 15.2. The minimum Gasteiger partial charge on any atom is -0.328 e. The largest absolute Gasteiger partial charge is 0.328 e. The number of nitrogens with one attached hydrogen (secondary N) is 1. The second kappa shape index (κ2) is 7.27. The molecule has 1 aliphatic carbocycles. The van der Waals surface area contributed by atoms with Crippen molar-refractivity contribution in [1.82, 2.24) is 14.8 Å². The van der Waals surface area contributed by atoms with Gasteiger partial charge in [-0.25, -0.2) is 4.68 Å². The molecule has 0 saturated heterocycles. The van der Waals surface area contributed by atoms with Gasteiger partial charge in [0.05, 0.1) is 4.92 Å². The van der Waals surface area contributed by atoms with Crippen molar-refractivity contribution in [3.63, 3.8) is 0 Å². The molecule has 1 aromatic heterocycles. The van der Waals surface area contributed by atoms with E-state index in [0.29, 0.717) is 40.8 Å². The van der Waals surface area contributed by atoms with E-state index >= 15 is 0 Å². The second-order valence-corrected chi connectivity index (χ2v) is 9.36. The van der Waals surface area contributed by atoms with Crippen LogP contribution in [-0.4, -0.2) is 25.5 Å². The van der Waals surface area contributed by atoms with E-state index in [1.54, 1.807) is 28.9 Å². The molecule has 0 fully saturated rings. The molecule has 1 N–H and O–H groups in total. The monoisotopic (exact) mass is 449 g/mol. The summed E-state index contributed by atoms with van der Waals surface area (Å²) in [6.07, 6.45) is 1.15.